The van der Waals surface area contributed by atoms with Gasteiger partial charge in [0, 0.05) is 25.5 Å². The second kappa shape index (κ2) is 13.3. The molecule has 0 aromatic heterocycles. The van der Waals surface area contributed by atoms with Gasteiger partial charge in [-0.2, -0.15) is 0 Å². The van der Waals surface area contributed by atoms with Crippen molar-refractivity contribution in [2.45, 2.75) is 65.6 Å². The molecule has 3 rings (SSSR count). The average Bonchev–Trinajstić information content (AvgIpc) is 2.89. The third-order valence-corrected chi connectivity index (χ3v) is 6.81. The van der Waals surface area contributed by atoms with Gasteiger partial charge in [-0.25, -0.2) is 9.98 Å². The molecule has 192 valence electrons. The zero-order chi connectivity index (χ0) is 26.8. The summed E-state index contributed by atoms with van der Waals surface area (Å²) in [4.78, 5) is 9.62. The van der Waals surface area contributed by atoms with Crippen LogP contribution in [-0.4, -0.2) is 37.0 Å². The van der Waals surface area contributed by atoms with Crippen LogP contribution in [0.3, 0.4) is 0 Å². The monoisotopic (exact) mass is 486 g/mol. The Hall–Kier alpha value is -3.08. The fourth-order valence-electron chi connectivity index (χ4n) is 3.27. The summed E-state index contributed by atoms with van der Waals surface area (Å²) >= 11 is 0. The molecule has 2 aromatic rings. The van der Waals surface area contributed by atoms with Crippen LogP contribution in [0.5, 0.6) is 0 Å². The molecule has 36 heavy (non-hydrogen) atoms. The van der Waals surface area contributed by atoms with E-state index < -0.39 is 0 Å². The van der Waals surface area contributed by atoms with E-state index in [1.165, 1.54) is 5.56 Å². The van der Waals surface area contributed by atoms with Crippen LogP contribution >= 0.6 is 0 Å². The lowest BCUT2D eigenvalue weighted by Gasteiger charge is -2.38. The van der Waals surface area contributed by atoms with Crippen LogP contribution in [-0.2, 0) is 9.47 Å². The molecule has 0 radical (unpaired) electrons. The summed E-state index contributed by atoms with van der Waals surface area (Å²) in [5.41, 5.74) is 5.61. The number of aryl methyl sites for hydroxylation is 1. The topological polar surface area (TPSA) is 43.2 Å². The Balaban J connectivity index is 0.000000388. The molecule has 0 atom stereocenters. The van der Waals surface area contributed by atoms with Gasteiger partial charge in [-0.05, 0) is 65.5 Å². The van der Waals surface area contributed by atoms with Gasteiger partial charge >= 0.3 is 0 Å². The molecule has 1 aliphatic rings. The minimum Gasteiger partial charge on any atom is -0.376 e. The summed E-state index contributed by atoms with van der Waals surface area (Å²) in [6, 6.07) is 18.4. The van der Waals surface area contributed by atoms with Gasteiger partial charge in [0.1, 0.15) is 0 Å². The Morgan fingerprint density at radius 1 is 0.806 bits per heavy atom. The first-order valence-electron chi connectivity index (χ1n) is 12.4. The normalized spacial score (nSPS) is 14.6. The zero-order valence-corrected chi connectivity index (χ0v) is 23.3. The fourth-order valence-corrected chi connectivity index (χ4v) is 3.27. The van der Waals surface area contributed by atoms with Gasteiger partial charge in [-0.15, -0.1) is 0 Å². The summed E-state index contributed by atoms with van der Waals surface area (Å²) in [7, 11) is 3.39. The Bertz CT molecular complexity index is 1100. The van der Waals surface area contributed by atoms with E-state index in [0.717, 1.165) is 41.0 Å². The van der Waals surface area contributed by atoms with Crippen molar-refractivity contribution in [2.24, 2.45) is 9.98 Å². The number of nitrogens with zero attached hydrogens (tertiary/aromatic N) is 2. The molecule has 0 unspecified atom stereocenters. The van der Waals surface area contributed by atoms with E-state index in [2.05, 4.69) is 56.0 Å². The molecular weight excluding hydrogens is 444 g/mol. The van der Waals surface area contributed by atoms with Crippen molar-refractivity contribution in [3.05, 3.63) is 102 Å². The number of ether oxygens (including phenoxy) is 2. The minimum atomic E-state index is -0.234. The van der Waals surface area contributed by atoms with E-state index in [9.17, 15) is 0 Å². The summed E-state index contributed by atoms with van der Waals surface area (Å²) < 4.78 is 10.5. The molecule has 0 amide bonds. The van der Waals surface area contributed by atoms with Crippen LogP contribution in [0.1, 0.15) is 64.2 Å². The van der Waals surface area contributed by atoms with Crippen molar-refractivity contribution in [3.8, 4) is 0 Å². The second-order valence-corrected chi connectivity index (χ2v) is 9.88. The smallest absolute Gasteiger partial charge is 0.159 e. The molecule has 0 aliphatic heterocycles. The van der Waals surface area contributed by atoms with Crippen LogP contribution in [0.2, 0.25) is 0 Å². The molecule has 0 heterocycles. The molecule has 0 bridgehead atoms. The summed E-state index contributed by atoms with van der Waals surface area (Å²) in [5, 5.41) is 0. The third-order valence-electron chi connectivity index (χ3n) is 6.81. The fraction of sp³-hybridized carbons (Fsp3) is 0.375. The van der Waals surface area contributed by atoms with E-state index in [1.54, 1.807) is 14.2 Å². The first-order valence-corrected chi connectivity index (χ1v) is 12.4. The lowest BCUT2D eigenvalue weighted by atomic mass is 9.89. The van der Waals surface area contributed by atoms with Gasteiger partial charge < -0.3 is 9.47 Å². The molecule has 4 heteroatoms. The number of allylic oxidation sites excluding steroid dienone is 2. The highest BCUT2D eigenvalue weighted by molar-refractivity contribution is 6.13. The number of hydrogen-bond acceptors (Lipinski definition) is 3. The summed E-state index contributed by atoms with van der Waals surface area (Å²) in [6.07, 6.45) is 8.56. The molecule has 0 spiro atoms. The van der Waals surface area contributed by atoms with Crippen molar-refractivity contribution in [2.75, 3.05) is 14.2 Å². The number of benzene rings is 2. The molecule has 0 N–H and O–H groups in total. The van der Waals surface area contributed by atoms with E-state index >= 15 is 0 Å². The molecule has 0 fully saturated rings. The Labute approximate surface area is 218 Å². The van der Waals surface area contributed by atoms with E-state index in [0.29, 0.717) is 5.84 Å². The highest BCUT2D eigenvalue weighted by atomic mass is 16.5. The average molecular weight is 487 g/mol. The van der Waals surface area contributed by atoms with Crippen LogP contribution in [0.4, 0.5) is 0 Å². The second-order valence-electron chi connectivity index (χ2n) is 9.88. The lowest BCUT2D eigenvalue weighted by Crippen LogP contribution is -2.48. The van der Waals surface area contributed by atoms with Gasteiger partial charge in [0.05, 0.1) is 16.9 Å². The van der Waals surface area contributed by atoms with Crippen LogP contribution in [0.25, 0.3) is 5.70 Å². The molecule has 2 aromatic carbocycles. The maximum absolute atomic E-state index is 5.27. The number of methoxy groups -OCH3 is 2. The Kier molecular flexibility index (Phi) is 10.8. The maximum atomic E-state index is 5.27. The van der Waals surface area contributed by atoms with Crippen LogP contribution in [0.15, 0.2) is 95.0 Å². The van der Waals surface area contributed by atoms with Gasteiger partial charge in [0.2, 0.25) is 0 Å². The first-order chi connectivity index (χ1) is 17.0. The predicted octanol–water partition coefficient (Wildman–Crippen LogP) is 7.99. The van der Waals surface area contributed by atoms with Gasteiger partial charge in [-0.3, -0.25) is 0 Å². The molecule has 4 nitrogen and oxygen atoms in total. The van der Waals surface area contributed by atoms with Crippen molar-refractivity contribution in [3.63, 3.8) is 0 Å². The predicted molar refractivity (Wildman–Crippen MR) is 155 cm³/mol. The zero-order valence-electron chi connectivity index (χ0n) is 23.3. The third kappa shape index (κ3) is 8.25. The minimum absolute atomic E-state index is 0.234. The summed E-state index contributed by atoms with van der Waals surface area (Å²) in [5.74, 6) is 0.716. The highest BCUT2D eigenvalue weighted by Crippen LogP contribution is 2.27. The molecule has 0 saturated heterocycles. The van der Waals surface area contributed by atoms with Crippen LogP contribution < -0.4 is 0 Å². The molecular formula is C32H42N2O2. The summed E-state index contributed by atoms with van der Waals surface area (Å²) in [6.45, 7) is 16.3. The van der Waals surface area contributed by atoms with Gasteiger partial charge in [0.25, 0.3) is 0 Å². The van der Waals surface area contributed by atoms with Crippen molar-refractivity contribution >= 4 is 17.2 Å². The van der Waals surface area contributed by atoms with Gasteiger partial charge in [0.15, 0.2) is 5.84 Å². The van der Waals surface area contributed by atoms with Crippen molar-refractivity contribution in [1.82, 2.24) is 0 Å². The number of hydrogen-bond donors (Lipinski definition) is 0. The van der Waals surface area contributed by atoms with Gasteiger partial charge in [-0.1, -0.05) is 85.0 Å². The highest BCUT2D eigenvalue weighted by Gasteiger charge is 2.36. The first kappa shape index (κ1) is 29.2. The number of rotatable bonds is 7. The number of amidine groups is 1. The van der Waals surface area contributed by atoms with E-state index in [1.807, 2.05) is 65.0 Å². The van der Waals surface area contributed by atoms with Crippen molar-refractivity contribution in [1.29, 1.82) is 0 Å². The lowest BCUT2D eigenvalue weighted by molar-refractivity contribution is -0.147. The SMILES string of the molecule is C=C(N=C(N=C(C)c1ccc(C)cc1)C1=CCCC=C1)c1ccccc1.COC(C)(C)C(C)(C)OC. The van der Waals surface area contributed by atoms with E-state index in [-0.39, 0.29) is 11.2 Å². The Morgan fingerprint density at radius 2 is 1.39 bits per heavy atom. The van der Waals surface area contributed by atoms with Crippen LogP contribution in [0, 0.1) is 6.92 Å². The quantitative estimate of drug-likeness (QED) is 0.294. The largest absolute Gasteiger partial charge is 0.376 e. The molecule has 0 saturated carbocycles. The maximum Gasteiger partial charge on any atom is 0.159 e. The standard InChI is InChI=1S/C24H24N2.C8H18O2/c1-18-14-16-22(17-15-18)20(3)26-24(23-12-8-5-9-13-23)25-19(2)21-10-6-4-7-11-21;1-7(2,9-5)8(3,4)10-6/h4,6-8,10-17H,2,5,9H2,1,3H3;1-6H3. The number of aliphatic imine (C=N–C) groups is 2. The molecule has 1 aliphatic carbocycles. The Morgan fingerprint density at radius 3 is 1.89 bits per heavy atom. The van der Waals surface area contributed by atoms with E-state index in [4.69, 9.17) is 19.5 Å². The van der Waals surface area contributed by atoms with Crippen molar-refractivity contribution < 1.29 is 9.47 Å².